The Hall–Kier alpha value is -3.04. The lowest BCUT2D eigenvalue weighted by Gasteiger charge is -2.38. The van der Waals surface area contributed by atoms with Crippen molar-refractivity contribution < 1.29 is 24.3 Å². The molecule has 1 saturated carbocycles. The van der Waals surface area contributed by atoms with Crippen LogP contribution < -0.4 is 10.6 Å². The number of aromatic nitrogens is 2. The Labute approximate surface area is 226 Å². The molecule has 38 heavy (non-hydrogen) atoms. The van der Waals surface area contributed by atoms with Gasteiger partial charge >= 0.3 is 5.97 Å². The smallest absolute Gasteiger partial charge is 0.326 e. The van der Waals surface area contributed by atoms with E-state index in [1.807, 2.05) is 20.8 Å². The Morgan fingerprint density at radius 2 is 1.74 bits per heavy atom. The van der Waals surface area contributed by atoms with Crippen molar-refractivity contribution in [2.24, 2.45) is 11.3 Å². The molecular weight excluding hydrogens is 486 g/mol. The number of amides is 3. The maximum absolute atomic E-state index is 13.8. The Morgan fingerprint density at radius 1 is 1.05 bits per heavy atom. The quantitative estimate of drug-likeness (QED) is 0.330. The van der Waals surface area contributed by atoms with E-state index < -0.39 is 47.2 Å². The molecule has 3 N–H and O–H groups in total. The first kappa shape index (κ1) is 31.2. The summed E-state index contributed by atoms with van der Waals surface area (Å²) in [5.41, 5.74) is -0.586. The molecule has 0 aromatic carbocycles. The second kappa shape index (κ2) is 14.8. The van der Waals surface area contributed by atoms with Crippen molar-refractivity contribution in [1.29, 1.82) is 0 Å². The summed E-state index contributed by atoms with van der Waals surface area (Å²) in [5.74, 6) is -2.55. The molecule has 3 atom stereocenters. The highest BCUT2D eigenvalue weighted by molar-refractivity contribution is 5.97. The average Bonchev–Trinajstić information content (AvgIpc) is 2.89. The molecule has 1 heterocycles. The van der Waals surface area contributed by atoms with Crippen LogP contribution in [0.1, 0.15) is 103 Å². The highest BCUT2D eigenvalue weighted by Gasteiger charge is 2.41. The van der Waals surface area contributed by atoms with Gasteiger partial charge in [-0.1, -0.05) is 66.2 Å². The first-order valence-corrected chi connectivity index (χ1v) is 13.9. The van der Waals surface area contributed by atoms with Crippen molar-refractivity contribution in [3.63, 3.8) is 0 Å². The number of nitrogens with one attached hydrogen (secondary N) is 2. The Morgan fingerprint density at radius 3 is 2.29 bits per heavy atom. The number of hydrogen-bond acceptors (Lipinski definition) is 6. The normalized spacial score (nSPS) is 16.7. The monoisotopic (exact) mass is 531 g/mol. The largest absolute Gasteiger partial charge is 0.480 e. The number of carboxylic acid groups (broad SMARTS) is 1. The third-order valence-electron chi connectivity index (χ3n) is 7.25. The third kappa shape index (κ3) is 9.06. The lowest BCUT2D eigenvalue weighted by molar-refractivity contribution is -0.152. The number of rotatable bonds is 13. The van der Waals surface area contributed by atoms with Gasteiger partial charge in [0.05, 0.1) is 6.20 Å². The summed E-state index contributed by atoms with van der Waals surface area (Å²) < 4.78 is 0. The predicted molar refractivity (Wildman–Crippen MR) is 144 cm³/mol. The SMILES string of the molecule is CCCCCCN(C(=O)[C@@H](NC(=O)[C@@H](NC(=O)c1cnccn1)C1CCCCC1)C(C)(C)C)[C@@H](C)C(=O)O. The Bertz CT molecular complexity index is 927. The predicted octanol–water partition coefficient (Wildman–Crippen LogP) is 3.57. The zero-order valence-corrected chi connectivity index (χ0v) is 23.5. The van der Waals surface area contributed by atoms with Gasteiger partial charge in [0.15, 0.2) is 0 Å². The van der Waals surface area contributed by atoms with Crippen molar-refractivity contribution in [2.45, 2.75) is 111 Å². The number of unbranched alkanes of at least 4 members (excludes halogenated alkanes) is 3. The van der Waals surface area contributed by atoms with Gasteiger partial charge in [-0.05, 0) is 37.5 Å². The highest BCUT2D eigenvalue weighted by Crippen LogP contribution is 2.28. The first-order valence-electron chi connectivity index (χ1n) is 13.9. The van der Waals surface area contributed by atoms with E-state index in [0.717, 1.165) is 51.4 Å². The molecule has 1 fully saturated rings. The standard InChI is InChI=1S/C28H45N5O5/c1-6-7-8-12-17-33(19(2)27(37)38)26(36)23(28(3,4)5)32-25(35)22(20-13-10-9-11-14-20)31-24(34)21-18-29-15-16-30-21/h15-16,18-20,22-23H,6-14,17H2,1-5H3,(H,31,34)(H,32,35)(H,37,38)/t19-,22-,23+/m0/s1. The molecule has 0 saturated heterocycles. The average molecular weight is 532 g/mol. The van der Waals surface area contributed by atoms with Crippen molar-refractivity contribution in [2.75, 3.05) is 6.54 Å². The fourth-order valence-electron chi connectivity index (χ4n) is 4.88. The van der Waals surface area contributed by atoms with Crippen LogP contribution in [0.4, 0.5) is 0 Å². The molecule has 0 spiro atoms. The van der Waals surface area contributed by atoms with Gasteiger partial charge in [0.2, 0.25) is 11.8 Å². The number of aliphatic carboxylic acids is 1. The molecule has 10 nitrogen and oxygen atoms in total. The number of carbonyl (C=O) groups is 4. The minimum absolute atomic E-state index is 0.0804. The van der Waals surface area contributed by atoms with Crippen molar-refractivity contribution in [3.05, 3.63) is 24.3 Å². The van der Waals surface area contributed by atoms with E-state index >= 15 is 0 Å². The summed E-state index contributed by atoms with van der Waals surface area (Å²) >= 11 is 0. The molecule has 0 unspecified atom stereocenters. The molecule has 0 bridgehead atoms. The number of hydrogen-bond donors (Lipinski definition) is 3. The van der Waals surface area contributed by atoms with E-state index in [1.54, 1.807) is 0 Å². The van der Waals surface area contributed by atoms with Gasteiger partial charge in [-0.25, -0.2) is 9.78 Å². The van der Waals surface area contributed by atoms with Gasteiger partial charge in [-0.3, -0.25) is 19.4 Å². The maximum Gasteiger partial charge on any atom is 0.326 e. The van der Waals surface area contributed by atoms with Gasteiger partial charge < -0.3 is 20.6 Å². The molecule has 3 amide bonds. The van der Waals surface area contributed by atoms with Crippen LogP contribution in [0.25, 0.3) is 0 Å². The van der Waals surface area contributed by atoms with Crippen LogP contribution in [0, 0.1) is 11.3 Å². The second-order valence-corrected chi connectivity index (χ2v) is 11.4. The van der Waals surface area contributed by atoms with E-state index in [4.69, 9.17) is 0 Å². The molecule has 0 aliphatic heterocycles. The van der Waals surface area contributed by atoms with Crippen LogP contribution in [0.2, 0.25) is 0 Å². The van der Waals surface area contributed by atoms with Crippen molar-refractivity contribution in [1.82, 2.24) is 25.5 Å². The van der Waals surface area contributed by atoms with E-state index in [2.05, 4.69) is 27.5 Å². The molecule has 10 heteroatoms. The maximum atomic E-state index is 13.8. The van der Waals surface area contributed by atoms with E-state index in [0.29, 0.717) is 13.0 Å². The lowest BCUT2D eigenvalue weighted by atomic mass is 9.82. The van der Waals surface area contributed by atoms with E-state index in [1.165, 1.54) is 30.4 Å². The molecule has 1 aromatic rings. The minimum Gasteiger partial charge on any atom is -0.480 e. The zero-order chi connectivity index (χ0) is 28.3. The molecular formula is C28H45N5O5. The minimum atomic E-state index is -1.09. The second-order valence-electron chi connectivity index (χ2n) is 11.4. The highest BCUT2D eigenvalue weighted by atomic mass is 16.4. The van der Waals surface area contributed by atoms with Crippen LogP contribution in [0.15, 0.2) is 18.6 Å². The Kier molecular flexibility index (Phi) is 12.1. The lowest BCUT2D eigenvalue weighted by Crippen LogP contribution is -2.61. The van der Waals surface area contributed by atoms with Crippen LogP contribution in [-0.2, 0) is 14.4 Å². The fourth-order valence-corrected chi connectivity index (χ4v) is 4.88. The number of carbonyl (C=O) groups excluding carboxylic acids is 3. The van der Waals surface area contributed by atoms with Gasteiger partial charge in [0, 0.05) is 18.9 Å². The fraction of sp³-hybridized carbons (Fsp3) is 0.714. The van der Waals surface area contributed by atoms with Crippen LogP contribution >= 0.6 is 0 Å². The van der Waals surface area contributed by atoms with Gasteiger partial charge in [0.25, 0.3) is 5.91 Å². The summed E-state index contributed by atoms with van der Waals surface area (Å²) in [5, 5.41) is 15.5. The molecule has 1 aromatic heterocycles. The molecule has 0 radical (unpaired) electrons. The van der Waals surface area contributed by atoms with E-state index in [9.17, 15) is 24.3 Å². The summed E-state index contributed by atoms with van der Waals surface area (Å²) in [6.45, 7) is 9.39. The van der Waals surface area contributed by atoms with Crippen molar-refractivity contribution >= 4 is 23.7 Å². The van der Waals surface area contributed by atoms with Crippen LogP contribution in [0.5, 0.6) is 0 Å². The number of nitrogens with zero attached hydrogens (tertiary/aromatic N) is 3. The van der Waals surface area contributed by atoms with Gasteiger partial charge in [-0.15, -0.1) is 0 Å². The summed E-state index contributed by atoms with van der Waals surface area (Å²) in [6, 6.07) is -2.85. The zero-order valence-electron chi connectivity index (χ0n) is 23.5. The first-order chi connectivity index (χ1) is 18.0. The third-order valence-corrected chi connectivity index (χ3v) is 7.25. The summed E-state index contributed by atoms with van der Waals surface area (Å²) in [4.78, 5) is 61.7. The summed E-state index contributed by atoms with van der Waals surface area (Å²) in [6.07, 6.45) is 12.4. The topological polar surface area (TPSA) is 142 Å². The molecule has 2 rings (SSSR count). The van der Waals surface area contributed by atoms with E-state index in [-0.39, 0.29) is 11.6 Å². The molecule has 1 aliphatic rings. The van der Waals surface area contributed by atoms with Gasteiger partial charge in [-0.2, -0.15) is 0 Å². The molecule has 1 aliphatic carbocycles. The van der Waals surface area contributed by atoms with Crippen molar-refractivity contribution in [3.8, 4) is 0 Å². The number of carboxylic acids is 1. The summed E-state index contributed by atoms with van der Waals surface area (Å²) in [7, 11) is 0. The molecule has 212 valence electrons. The van der Waals surface area contributed by atoms with Gasteiger partial charge in [0.1, 0.15) is 23.8 Å². The van der Waals surface area contributed by atoms with Crippen LogP contribution in [-0.4, -0.2) is 68.3 Å². The van der Waals surface area contributed by atoms with Crippen LogP contribution in [0.3, 0.4) is 0 Å². The Balaban J connectivity index is 2.30.